The van der Waals surface area contributed by atoms with E-state index in [1.807, 2.05) is 25.1 Å². The maximum Gasteiger partial charge on any atom is 0.343 e. The second-order valence-corrected chi connectivity index (χ2v) is 8.00. The van der Waals surface area contributed by atoms with E-state index in [2.05, 4.69) is 10.3 Å². The van der Waals surface area contributed by atoms with Gasteiger partial charge in [-0.3, -0.25) is 4.79 Å². The van der Waals surface area contributed by atoms with Gasteiger partial charge in [0.25, 0.3) is 5.91 Å². The van der Waals surface area contributed by atoms with Crippen LogP contribution in [0.15, 0.2) is 82.7 Å². The van der Waals surface area contributed by atoms with Gasteiger partial charge in [-0.15, -0.1) is 0 Å². The monoisotopic (exact) mass is 444 g/mol. The van der Waals surface area contributed by atoms with Gasteiger partial charge >= 0.3 is 5.97 Å². The van der Waals surface area contributed by atoms with E-state index < -0.39 is 5.97 Å². The van der Waals surface area contributed by atoms with E-state index in [1.54, 1.807) is 67.8 Å². The van der Waals surface area contributed by atoms with E-state index in [1.165, 1.54) is 11.8 Å². The van der Waals surface area contributed by atoms with Crippen LogP contribution in [-0.4, -0.2) is 24.2 Å². The third-order valence-corrected chi connectivity index (χ3v) is 5.56. The number of carbonyl (C=O) groups excluding carboxylic acids is 2. The number of hydrogen-bond donors (Lipinski definition) is 1. The Balaban J connectivity index is 1.53. The van der Waals surface area contributed by atoms with Gasteiger partial charge < -0.3 is 14.8 Å². The summed E-state index contributed by atoms with van der Waals surface area (Å²) in [5.41, 5.74) is 2.83. The topological polar surface area (TPSA) is 77.0 Å². The number of hydrogen-bond acceptors (Lipinski definition) is 6. The zero-order valence-electron chi connectivity index (χ0n) is 17.5. The van der Waals surface area contributed by atoms with Gasteiger partial charge in [0, 0.05) is 5.56 Å². The highest BCUT2D eigenvalue weighted by Gasteiger charge is 2.24. The van der Waals surface area contributed by atoms with Crippen molar-refractivity contribution in [3.63, 3.8) is 0 Å². The number of benzene rings is 3. The summed E-state index contributed by atoms with van der Waals surface area (Å²) < 4.78 is 10.7. The third kappa shape index (κ3) is 5.07. The van der Waals surface area contributed by atoms with Crippen LogP contribution in [0.2, 0.25) is 0 Å². The van der Waals surface area contributed by atoms with Crippen LogP contribution < -0.4 is 14.8 Å². The summed E-state index contributed by atoms with van der Waals surface area (Å²) in [5, 5.41) is 3.23. The molecule has 0 unspecified atom stereocenters. The number of rotatable bonds is 5. The van der Waals surface area contributed by atoms with E-state index in [-0.39, 0.29) is 5.91 Å². The minimum Gasteiger partial charge on any atom is -0.497 e. The molecule has 0 bridgehead atoms. The Bertz CT molecular complexity index is 1220. The van der Waals surface area contributed by atoms with E-state index in [9.17, 15) is 9.59 Å². The van der Waals surface area contributed by atoms with Crippen molar-refractivity contribution >= 4 is 40.6 Å². The van der Waals surface area contributed by atoms with Gasteiger partial charge in [-0.05, 0) is 67.2 Å². The SMILES string of the molecule is COc1ccc(N=C2NC(=O)/C(=C/c3ccccc3OC(=O)c3ccc(C)cc3)S2)cc1. The Kier molecular flexibility index (Phi) is 6.37. The number of nitrogens with one attached hydrogen (secondary N) is 1. The maximum atomic E-state index is 12.5. The molecule has 0 aliphatic carbocycles. The minimum absolute atomic E-state index is 0.262. The molecule has 1 aliphatic rings. The van der Waals surface area contributed by atoms with Crippen LogP contribution >= 0.6 is 11.8 Å². The number of methoxy groups -OCH3 is 1. The first-order valence-corrected chi connectivity index (χ1v) is 10.6. The predicted octanol–water partition coefficient (Wildman–Crippen LogP) is 5.11. The first-order chi connectivity index (χ1) is 15.5. The van der Waals surface area contributed by atoms with Gasteiger partial charge in [0.05, 0.1) is 23.3 Å². The lowest BCUT2D eigenvalue weighted by molar-refractivity contribution is -0.115. The van der Waals surface area contributed by atoms with Crippen LogP contribution in [0.5, 0.6) is 11.5 Å². The van der Waals surface area contributed by atoms with Crippen molar-refractivity contribution in [3.05, 3.63) is 94.4 Å². The molecule has 160 valence electrons. The van der Waals surface area contributed by atoms with Crippen LogP contribution in [-0.2, 0) is 4.79 Å². The first-order valence-electron chi connectivity index (χ1n) is 9.83. The van der Waals surface area contributed by atoms with Crippen molar-refractivity contribution in [1.82, 2.24) is 5.32 Å². The summed E-state index contributed by atoms with van der Waals surface area (Å²) in [7, 11) is 1.60. The number of carbonyl (C=O) groups is 2. The van der Waals surface area contributed by atoms with Crippen molar-refractivity contribution in [1.29, 1.82) is 0 Å². The summed E-state index contributed by atoms with van der Waals surface area (Å²) >= 11 is 1.22. The first kappa shape index (κ1) is 21.4. The Labute approximate surface area is 190 Å². The molecule has 1 heterocycles. The molecule has 1 saturated heterocycles. The lowest BCUT2D eigenvalue weighted by Gasteiger charge is -2.08. The Hall–Kier alpha value is -3.84. The molecular formula is C25H20N2O4S. The van der Waals surface area contributed by atoms with Crippen LogP contribution in [0.3, 0.4) is 0 Å². The smallest absolute Gasteiger partial charge is 0.343 e. The number of para-hydroxylation sites is 1. The van der Waals surface area contributed by atoms with Gasteiger partial charge in [-0.1, -0.05) is 35.9 Å². The number of thioether (sulfide) groups is 1. The summed E-state index contributed by atoms with van der Waals surface area (Å²) in [4.78, 5) is 29.9. The number of ether oxygens (including phenoxy) is 2. The number of amidine groups is 1. The maximum absolute atomic E-state index is 12.5. The molecule has 1 N–H and O–H groups in total. The van der Waals surface area contributed by atoms with Crippen molar-refractivity contribution in [3.8, 4) is 11.5 Å². The van der Waals surface area contributed by atoms with Crippen molar-refractivity contribution < 1.29 is 19.1 Å². The van der Waals surface area contributed by atoms with Gasteiger partial charge in [0.2, 0.25) is 0 Å². The van der Waals surface area contributed by atoms with E-state index in [0.717, 1.165) is 11.3 Å². The van der Waals surface area contributed by atoms with Crippen LogP contribution in [0, 0.1) is 6.92 Å². The summed E-state index contributed by atoms with van der Waals surface area (Å²) in [6, 6.07) is 21.5. The number of nitrogens with zero attached hydrogens (tertiary/aromatic N) is 1. The van der Waals surface area contributed by atoms with Crippen molar-refractivity contribution in [2.75, 3.05) is 7.11 Å². The van der Waals surface area contributed by atoms with Crippen LogP contribution in [0.4, 0.5) is 5.69 Å². The van der Waals surface area contributed by atoms with Crippen LogP contribution in [0.1, 0.15) is 21.5 Å². The van der Waals surface area contributed by atoms with Gasteiger partial charge in [0.1, 0.15) is 11.5 Å². The quantitative estimate of drug-likeness (QED) is 0.336. The van der Waals surface area contributed by atoms with E-state index >= 15 is 0 Å². The molecule has 0 atom stereocenters. The average molecular weight is 445 g/mol. The summed E-state index contributed by atoms with van der Waals surface area (Å²) in [6.45, 7) is 1.95. The zero-order chi connectivity index (χ0) is 22.5. The molecule has 1 amide bonds. The lowest BCUT2D eigenvalue weighted by atomic mass is 10.1. The van der Waals surface area contributed by atoms with Crippen LogP contribution in [0.25, 0.3) is 6.08 Å². The molecule has 1 aliphatic heterocycles. The van der Waals surface area contributed by atoms with Crippen molar-refractivity contribution in [2.45, 2.75) is 6.92 Å². The highest BCUT2D eigenvalue weighted by molar-refractivity contribution is 8.18. The normalized spacial score (nSPS) is 15.6. The lowest BCUT2D eigenvalue weighted by Crippen LogP contribution is -2.19. The van der Waals surface area contributed by atoms with Gasteiger partial charge in [0.15, 0.2) is 5.17 Å². The molecule has 0 saturated carbocycles. The average Bonchev–Trinajstić information content (AvgIpc) is 3.14. The molecule has 4 rings (SSSR count). The fraction of sp³-hybridized carbons (Fsp3) is 0.0800. The second-order valence-electron chi connectivity index (χ2n) is 6.97. The molecule has 6 nitrogen and oxygen atoms in total. The standard InChI is InChI=1S/C25H20N2O4S/c1-16-7-9-17(10-8-16)24(29)31-21-6-4-3-5-18(21)15-22-23(28)27-25(32-22)26-19-11-13-20(30-2)14-12-19/h3-15H,1-2H3,(H,26,27,28)/b22-15-. The molecule has 0 aromatic heterocycles. The third-order valence-electron chi connectivity index (χ3n) is 4.65. The molecule has 0 spiro atoms. The highest BCUT2D eigenvalue weighted by Crippen LogP contribution is 2.31. The molecule has 32 heavy (non-hydrogen) atoms. The number of aryl methyl sites for hydroxylation is 1. The van der Waals surface area contributed by atoms with Crippen molar-refractivity contribution in [2.24, 2.45) is 4.99 Å². The largest absolute Gasteiger partial charge is 0.497 e. The number of aliphatic imine (C=N–C) groups is 1. The number of amides is 1. The van der Waals surface area contributed by atoms with Gasteiger partial charge in [-0.2, -0.15) is 0 Å². The summed E-state index contributed by atoms with van der Waals surface area (Å²) in [6.07, 6.45) is 1.69. The number of esters is 1. The Morgan fingerprint density at radius 2 is 1.72 bits per heavy atom. The highest BCUT2D eigenvalue weighted by atomic mass is 32.2. The van der Waals surface area contributed by atoms with E-state index in [4.69, 9.17) is 9.47 Å². The fourth-order valence-corrected chi connectivity index (χ4v) is 3.77. The van der Waals surface area contributed by atoms with E-state index in [0.29, 0.717) is 32.6 Å². The Morgan fingerprint density at radius 3 is 2.44 bits per heavy atom. The summed E-state index contributed by atoms with van der Waals surface area (Å²) in [5.74, 6) is 0.386. The molecule has 0 radical (unpaired) electrons. The molecule has 1 fully saturated rings. The fourth-order valence-electron chi connectivity index (χ4n) is 2.94. The predicted molar refractivity (Wildman–Crippen MR) is 126 cm³/mol. The molecule has 7 heteroatoms. The molecular weight excluding hydrogens is 424 g/mol. The Morgan fingerprint density at radius 1 is 1.00 bits per heavy atom. The molecule has 3 aromatic carbocycles. The second kappa shape index (κ2) is 9.53. The minimum atomic E-state index is -0.457. The molecule has 3 aromatic rings. The zero-order valence-corrected chi connectivity index (χ0v) is 18.3. The van der Waals surface area contributed by atoms with Gasteiger partial charge in [-0.25, -0.2) is 9.79 Å².